The maximum absolute atomic E-state index is 12.1. The molecule has 106 valence electrons. The van der Waals surface area contributed by atoms with Gasteiger partial charge in [0, 0.05) is 11.6 Å². The van der Waals surface area contributed by atoms with Crippen molar-refractivity contribution in [1.29, 1.82) is 0 Å². The van der Waals surface area contributed by atoms with Crippen LogP contribution in [0.1, 0.15) is 16.7 Å². The first kappa shape index (κ1) is 15.0. The number of benzene rings is 2. The van der Waals surface area contributed by atoms with Crippen LogP contribution in [0.4, 0.5) is 0 Å². The first-order chi connectivity index (χ1) is 9.48. The zero-order valence-electron chi connectivity index (χ0n) is 11.1. The van der Waals surface area contributed by atoms with Crippen LogP contribution >= 0.6 is 11.6 Å². The molecule has 0 aliphatic heterocycles. The van der Waals surface area contributed by atoms with Crippen molar-refractivity contribution in [2.45, 2.75) is 19.2 Å². The summed E-state index contributed by atoms with van der Waals surface area (Å²) in [6.45, 7) is 2.10. The Balaban J connectivity index is 2.05. The highest BCUT2D eigenvalue weighted by atomic mass is 35.5. The van der Waals surface area contributed by atoms with Gasteiger partial charge in [-0.3, -0.25) is 0 Å². The van der Waals surface area contributed by atoms with Crippen molar-refractivity contribution < 1.29 is 8.42 Å². The van der Waals surface area contributed by atoms with Crippen molar-refractivity contribution in [3.8, 4) is 0 Å². The normalized spacial score (nSPS) is 11.5. The van der Waals surface area contributed by atoms with E-state index in [-0.39, 0.29) is 12.3 Å². The van der Waals surface area contributed by atoms with Crippen LogP contribution in [0.15, 0.2) is 48.5 Å². The van der Waals surface area contributed by atoms with Crippen molar-refractivity contribution >= 4 is 21.6 Å². The number of aryl methyl sites for hydroxylation is 1. The molecule has 0 aliphatic carbocycles. The maximum atomic E-state index is 12.1. The van der Waals surface area contributed by atoms with E-state index in [1.165, 1.54) is 0 Å². The molecule has 2 rings (SSSR count). The number of sulfonamides is 1. The summed E-state index contributed by atoms with van der Waals surface area (Å²) in [6, 6.07) is 14.6. The first-order valence-electron chi connectivity index (χ1n) is 6.23. The second-order valence-electron chi connectivity index (χ2n) is 4.60. The van der Waals surface area contributed by atoms with Gasteiger partial charge in [0.1, 0.15) is 0 Å². The van der Waals surface area contributed by atoms with E-state index >= 15 is 0 Å². The molecule has 0 saturated heterocycles. The van der Waals surface area contributed by atoms with E-state index in [2.05, 4.69) is 4.72 Å². The van der Waals surface area contributed by atoms with Gasteiger partial charge in [-0.25, -0.2) is 13.1 Å². The van der Waals surface area contributed by atoms with Gasteiger partial charge in [-0.05, 0) is 29.7 Å². The van der Waals surface area contributed by atoms with Crippen molar-refractivity contribution in [2.24, 2.45) is 0 Å². The quantitative estimate of drug-likeness (QED) is 0.921. The van der Waals surface area contributed by atoms with Crippen molar-refractivity contribution in [2.75, 3.05) is 0 Å². The van der Waals surface area contributed by atoms with Gasteiger partial charge in [-0.2, -0.15) is 0 Å². The van der Waals surface area contributed by atoms with Gasteiger partial charge >= 0.3 is 0 Å². The fraction of sp³-hybridized carbons (Fsp3) is 0.200. The summed E-state index contributed by atoms with van der Waals surface area (Å²) in [4.78, 5) is 0. The van der Waals surface area contributed by atoms with E-state index in [9.17, 15) is 8.42 Å². The SMILES string of the molecule is Cc1ccccc1CS(=O)(=O)NCc1ccccc1Cl. The molecule has 0 radical (unpaired) electrons. The van der Waals surface area contributed by atoms with Crippen LogP contribution in [0.5, 0.6) is 0 Å². The van der Waals surface area contributed by atoms with E-state index < -0.39 is 10.0 Å². The molecule has 1 N–H and O–H groups in total. The predicted octanol–water partition coefficient (Wildman–Crippen LogP) is 3.27. The number of hydrogen-bond donors (Lipinski definition) is 1. The Morgan fingerprint density at radius 2 is 1.60 bits per heavy atom. The summed E-state index contributed by atoms with van der Waals surface area (Å²) in [6.07, 6.45) is 0. The van der Waals surface area contributed by atoms with Crippen molar-refractivity contribution in [3.05, 3.63) is 70.2 Å². The van der Waals surface area contributed by atoms with Crippen LogP contribution in [-0.4, -0.2) is 8.42 Å². The molecular weight excluding hydrogens is 294 g/mol. The lowest BCUT2D eigenvalue weighted by Crippen LogP contribution is -2.25. The smallest absolute Gasteiger partial charge is 0.212 e. The highest BCUT2D eigenvalue weighted by Crippen LogP contribution is 2.15. The van der Waals surface area contributed by atoms with E-state index in [1.54, 1.807) is 12.1 Å². The molecular formula is C15H16ClNO2S. The van der Waals surface area contributed by atoms with Crippen molar-refractivity contribution in [1.82, 2.24) is 4.72 Å². The summed E-state index contributed by atoms with van der Waals surface area (Å²) < 4.78 is 26.7. The fourth-order valence-corrected chi connectivity index (χ4v) is 3.27. The fourth-order valence-electron chi connectivity index (χ4n) is 1.86. The van der Waals surface area contributed by atoms with Crippen LogP contribution < -0.4 is 4.72 Å². The maximum Gasteiger partial charge on any atom is 0.216 e. The number of halogens is 1. The molecule has 0 unspecified atom stereocenters. The largest absolute Gasteiger partial charge is 0.216 e. The average Bonchev–Trinajstić information content (AvgIpc) is 2.40. The van der Waals surface area contributed by atoms with Crippen LogP contribution in [0.3, 0.4) is 0 Å². The summed E-state index contributed by atoms with van der Waals surface area (Å²) >= 11 is 6.00. The Hall–Kier alpha value is -1.36. The summed E-state index contributed by atoms with van der Waals surface area (Å²) in [5, 5.41) is 0.561. The minimum atomic E-state index is -3.38. The second kappa shape index (κ2) is 6.39. The third kappa shape index (κ3) is 4.07. The van der Waals surface area contributed by atoms with Crippen LogP contribution in [-0.2, 0) is 22.3 Å². The molecule has 2 aromatic rings. The Morgan fingerprint density at radius 1 is 1.00 bits per heavy atom. The molecule has 3 nitrogen and oxygen atoms in total. The number of hydrogen-bond acceptors (Lipinski definition) is 2. The molecule has 20 heavy (non-hydrogen) atoms. The third-order valence-electron chi connectivity index (χ3n) is 3.05. The Bertz CT molecular complexity index is 699. The molecule has 0 spiro atoms. The lowest BCUT2D eigenvalue weighted by Gasteiger charge is -2.09. The first-order valence-corrected chi connectivity index (χ1v) is 8.26. The molecule has 0 heterocycles. The minimum Gasteiger partial charge on any atom is -0.212 e. The van der Waals surface area contributed by atoms with Gasteiger partial charge in [0.05, 0.1) is 5.75 Å². The lowest BCUT2D eigenvalue weighted by molar-refractivity contribution is 0.580. The summed E-state index contributed by atoms with van der Waals surface area (Å²) in [5.41, 5.74) is 2.54. The lowest BCUT2D eigenvalue weighted by atomic mass is 10.1. The molecule has 0 amide bonds. The highest BCUT2D eigenvalue weighted by Gasteiger charge is 2.13. The van der Waals surface area contributed by atoms with Gasteiger partial charge in [0.25, 0.3) is 0 Å². The Kier molecular flexibility index (Phi) is 4.81. The van der Waals surface area contributed by atoms with Crippen LogP contribution in [0.2, 0.25) is 5.02 Å². The number of nitrogens with one attached hydrogen (secondary N) is 1. The molecule has 0 bridgehead atoms. The van der Waals surface area contributed by atoms with Gasteiger partial charge in [-0.15, -0.1) is 0 Å². The summed E-state index contributed by atoms with van der Waals surface area (Å²) in [7, 11) is -3.38. The van der Waals surface area contributed by atoms with Crippen LogP contribution in [0.25, 0.3) is 0 Å². The Morgan fingerprint density at radius 3 is 2.25 bits per heavy atom. The molecule has 2 aromatic carbocycles. The highest BCUT2D eigenvalue weighted by molar-refractivity contribution is 7.88. The molecule has 0 fully saturated rings. The van der Waals surface area contributed by atoms with Crippen LogP contribution in [0, 0.1) is 6.92 Å². The van der Waals surface area contributed by atoms with Gasteiger partial charge < -0.3 is 0 Å². The zero-order chi connectivity index (χ0) is 14.6. The van der Waals surface area contributed by atoms with E-state index in [4.69, 9.17) is 11.6 Å². The Labute approximate surface area is 124 Å². The zero-order valence-corrected chi connectivity index (χ0v) is 12.7. The number of rotatable bonds is 5. The standard InChI is InChI=1S/C15H16ClNO2S/c1-12-6-2-3-8-14(12)11-20(18,19)17-10-13-7-4-5-9-15(13)16/h2-9,17H,10-11H2,1H3. The van der Waals surface area contributed by atoms with Gasteiger partial charge in [-0.1, -0.05) is 54.1 Å². The molecule has 0 saturated carbocycles. The topological polar surface area (TPSA) is 46.2 Å². The minimum absolute atomic E-state index is 0.0237. The van der Waals surface area contributed by atoms with E-state index in [0.29, 0.717) is 5.02 Å². The van der Waals surface area contributed by atoms with Gasteiger partial charge in [0.2, 0.25) is 10.0 Å². The van der Waals surface area contributed by atoms with Gasteiger partial charge in [0.15, 0.2) is 0 Å². The monoisotopic (exact) mass is 309 g/mol. The molecule has 5 heteroatoms. The van der Waals surface area contributed by atoms with E-state index in [0.717, 1.165) is 16.7 Å². The molecule has 0 aromatic heterocycles. The third-order valence-corrected chi connectivity index (χ3v) is 4.69. The summed E-state index contributed by atoms with van der Waals surface area (Å²) in [5.74, 6) is -0.0237. The average molecular weight is 310 g/mol. The predicted molar refractivity (Wildman–Crippen MR) is 82.1 cm³/mol. The van der Waals surface area contributed by atoms with E-state index in [1.807, 2.05) is 43.3 Å². The molecule has 0 atom stereocenters. The molecule has 0 aliphatic rings. The second-order valence-corrected chi connectivity index (χ2v) is 6.81. The van der Waals surface area contributed by atoms with Crippen molar-refractivity contribution in [3.63, 3.8) is 0 Å².